The van der Waals surface area contributed by atoms with E-state index in [1.54, 1.807) is 0 Å². The number of hydrogen-bond acceptors (Lipinski definition) is 2. The lowest BCUT2D eigenvalue weighted by molar-refractivity contribution is 0.294. The van der Waals surface area contributed by atoms with Gasteiger partial charge in [-0.15, -0.1) is 0 Å². The molecule has 26 heavy (non-hydrogen) atoms. The van der Waals surface area contributed by atoms with Gasteiger partial charge in [0.2, 0.25) is 0 Å². The van der Waals surface area contributed by atoms with E-state index >= 15 is 0 Å². The fraction of sp³-hybridized carbons (Fsp3) is 0.304. The average molecular weight is 346 g/mol. The molecule has 1 N–H and O–H groups in total. The third-order valence-corrected chi connectivity index (χ3v) is 5.02. The molecule has 0 unspecified atom stereocenters. The van der Waals surface area contributed by atoms with E-state index in [-0.39, 0.29) is 0 Å². The molecule has 1 aromatic carbocycles. The van der Waals surface area contributed by atoms with Crippen molar-refractivity contribution in [1.29, 1.82) is 0 Å². The molecule has 2 aromatic rings. The first-order chi connectivity index (χ1) is 12.9. The van der Waals surface area contributed by atoms with Crippen molar-refractivity contribution in [3.8, 4) is 5.75 Å². The molecular formula is C23H26N2O. The molecule has 2 aliphatic rings. The van der Waals surface area contributed by atoms with Crippen LogP contribution in [0.1, 0.15) is 25.7 Å². The van der Waals surface area contributed by atoms with Crippen LogP contribution < -0.4 is 4.74 Å². The lowest BCUT2D eigenvalue weighted by Crippen LogP contribution is -2.21. The Bertz CT molecular complexity index is 869. The van der Waals surface area contributed by atoms with Crippen LogP contribution in [0.2, 0.25) is 0 Å². The van der Waals surface area contributed by atoms with E-state index in [1.807, 2.05) is 12.3 Å². The summed E-state index contributed by atoms with van der Waals surface area (Å²) in [5.41, 5.74) is 4.02. The lowest BCUT2D eigenvalue weighted by Gasteiger charge is -2.23. The summed E-state index contributed by atoms with van der Waals surface area (Å²) in [4.78, 5) is 5.59. The van der Waals surface area contributed by atoms with Crippen molar-refractivity contribution < 1.29 is 4.74 Å². The molecule has 1 aliphatic heterocycles. The number of aromatic amines is 1. The number of rotatable bonds is 7. The fourth-order valence-electron chi connectivity index (χ4n) is 3.50. The summed E-state index contributed by atoms with van der Waals surface area (Å²) >= 11 is 0. The van der Waals surface area contributed by atoms with Crippen LogP contribution in [0.5, 0.6) is 5.75 Å². The first-order valence-corrected chi connectivity index (χ1v) is 9.55. The summed E-state index contributed by atoms with van der Waals surface area (Å²) in [5.74, 6) is 0.956. The smallest absolute Gasteiger partial charge is 0.120 e. The number of fused-ring (bicyclic) bond motifs is 1. The van der Waals surface area contributed by atoms with Crippen molar-refractivity contribution in [3.63, 3.8) is 0 Å². The highest BCUT2D eigenvalue weighted by atomic mass is 16.5. The third kappa shape index (κ3) is 4.10. The number of ether oxygens (including phenoxy) is 1. The van der Waals surface area contributed by atoms with Gasteiger partial charge < -0.3 is 14.6 Å². The molecule has 0 saturated carbocycles. The molecule has 3 heteroatoms. The van der Waals surface area contributed by atoms with Crippen molar-refractivity contribution in [1.82, 2.24) is 9.88 Å². The number of aromatic nitrogens is 1. The number of nitrogens with one attached hydrogen (secondary N) is 1. The van der Waals surface area contributed by atoms with Gasteiger partial charge in [-0.05, 0) is 73.4 Å². The van der Waals surface area contributed by atoms with E-state index in [2.05, 4.69) is 64.7 Å². The maximum Gasteiger partial charge on any atom is 0.120 e. The molecule has 1 aliphatic carbocycles. The Morgan fingerprint density at radius 1 is 1.08 bits per heavy atom. The maximum absolute atomic E-state index is 5.89. The van der Waals surface area contributed by atoms with Crippen LogP contribution in [0.25, 0.3) is 10.9 Å². The Hall–Kier alpha value is -2.68. The van der Waals surface area contributed by atoms with E-state index in [0.717, 1.165) is 56.6 Å². The van der Waals surface area contributed by atoms with E-state index in [0.29, 0.717) is 0 Å². The molecule has 0 bridgehead atoms. The van der Waals surface area contributed by atoms with Crippen molar-refractivity contribution in [2.45, 2.75) is 25.7 Å². The second kappa shape index (κ2) is 8.13. The van der Waals surface area contributed by atoms with Gasteiger partial charge in [-0.3, -0.25) is 0 Å². The molecule has 0 amide bonds. The Morgan fingerprint density at radius 2 is 2.08 bits per heavy atom. The average Bonchev–Trinajstić information content (AvgIpc) is 3.17. The summed E-state index contributed by atoms with van der Waals surface area (Å²) in [7, 11) is 0. The van der Waals surface area contributed by atoms with Crippen LogP contribution in [0.3, 0.4) is 0 Å². The summed E-state index contributed by atoms with van der Waals surface area (Å²) in [5, 5.41) is 1.20. The van der Waals surface area contributed by atoms with Crippen LogP contribution in [0.15, 0.2) is 78.2 Å². The largest absolute Gasteiger partial charge is 0.494 e. The van der Waals surface area contributed by atoms with Crippen molar-refractivity contribution in [2.24, 2.45) is 0 Å². The van der Waals surface area contributed by atoms with Gasteiger partial charge in [-0.2, -0.15) is 0 Å². The molecule has 0 saturated heterocycles. The molecule has 3 nitrogen and oxygen atoms in total. The van der Waals surface area contributed by atoms with Crippen LogP contribution in [-0.2, 0) is 0 Å². The predicted octanol–water partition coefficient (Wildman–Crippen LogP) is 5.36. The van der Waals surface area contributed by atoms with Gasteiger partial charge in [0.05, 0.1) is 6.61 Å². The van der Waals surface area contributed by atoms with Gasteiger partial charge in [0.25, 0.3) is 0 Å². The van der Waals surface area contributed by atoms with Gasteiger partial charge in [0, 0.05) is 30.2 Å². The van der Waals surface area contributed by atoms with Crippen molar-refractivity contribution >= 4 is 10.9 Å². The summed E-state index contributed by atoms with van der Waals surface area (Å²) in [6, 6.07) is 8.28. The van der Waals surface area contributed by atoms with Gasteiger partial charge >= 0.3 is 0 Å². The molecule has 0 atom stereocenters. The number of nitrogens with zero attached hydrogens (tertiary/aromatic N) is 1. The van der Waals surface area contributed by atoms with Gasteiger partial charge in [-0.1, -0.05) is 24.3 Å². The molecule has 2 heterocycles. The standard InChI is InChI=1S/C23H26N2O/c1-2-6-19(7-3-1)20-11-15-25(16-12-20)14-4-5-17-26-22-8-9-23-21(18-22)10-13-24-23/h1-2,7-13,15,18,24H,3-6,14,16-17H2. The highest BCUT2D eigenvalue weighted by molar-refractivity contribution is 5.80. The summed E-state index contributed by atoms with van der Waals surface area (Å²) in [6.45, 7) is 2.87. The van der Waals surface area contributed by atoms with Crippen molar-refractivity contribution in [3.05, 3.63) is 78.2 Å². The van der Waals surface area contributed by atoms with Crippen LogP contribution in [0, 0.1) is 0 Å². The number of H-pyrrole nitrogens is 1. The molecule has 1 aromatic heterocycles. The number of unbranched alkanes of at least 4 members (excludes halogenated alkanes) is 1. The predicted molar refractivity (Wildman–Crippen MR) is 108 cm³/mol. The van der Waals surface area contributed by atoms with Crippen LogP contribution in [0.4, 0.5) is 0 Å². The Kier molecular flexibility index (Phi) is 5.25. The minimum absolute atomic E-state index is 0.772. The molecule has 4 rings (SSSR count). The second-order valence-corrected chi connectivity index (χ2v) is 6.89. The summed E-state index contributed by atoms with van der Waals surface area (Å²) in [6.07, 6.45) is 20.0. The minimum Gasteiger partial charge on any atom is -0.494 e. The highest BCUT2D eigenvalue weighted by Gasteiger charge is 2.09. The Labute approximate surface area is 155 Å². The summed E-state index contributed by atoms with van der Waals surface area (Å²) < 4.78 is 5.89. The zero-order chi connectivity index (χ0) is 17.6. The van der Waals surface area contributed by atoms with Crippen molar-refractivity contribution in [2.75, 3.05) is 19.7 Å². The normalized spacial score (nSPS) is 16.7. The molecular weight excluding hydrogens is 320 g/mol. The zero-order valence-electron chi connectivity index (χ0n) is 15.2. The van der Waals surface area contributed by atoms with Gasteiger partial charge in [0.15, 0.2) is 0 Å². The lowest BCUT2D eigenvalue weighted by atomic mass is 9.96. The van der Waals surface area contributed by atoms with Gasteiger partial charge in [-0.25, -0.2) is 0 Å². The van der Waals surface area contributed by atoms with E-state index < -0.39 is 0 Å². The van der Waals surface area contributed by atoms with Crippen LogP contribution >= 0.6 is 0 Å². The SMILES string of the molecule is C1=CCC(C2=CCN(CCCCOc3ccc4[nH]ccc4c3)C=C2)=CC1. The fourth-order valence-corrected chi connectivity index (χ4v) is 3.50. The van der Waals surface area contributed by atoms with Crippen LogP contribution in [-0.4, -0.2) is 29.6 Å². The molecule has 0 radical (unpaired) electrons. The highest BCUT2D eigenvalue weighted by Crippen LogP contribution is 2.23. The van der Waals surface area contributed by atoms with Gasteiger partial charge in [0.1, 0.15) is 5.75 Å². The molecule has 0 fully saturated rings. The number of hydrogen-bond donors (Lipinski definition) is 1. The number of benzene rings is 1. The zero-order valence-corrected chi connectivity index (χ0v) is 15.2. The second-order valence-electron chi connectivity index (χ2n) is 6.89. The quantitative estimate of drug-likeness (QED) is 0.540. The first kappa shape index (κ1) is 16.8. The Balaban J connectivity index is 1.16. The van der Waals surface area contributed by atoms with E-state index in [1.165, 1.54) is 16.5 Å². The van der Waals surface area contributed by atoms with E-state index in [4.69, 9.17) is 4.74 Å². The monoisotopic (exact) mass is 346 g/mol. The first-order valence-electron chi connectivity index (χ1n) is 9.55. The number of allylic oxidation sites excluding steroid dienone is 6. The topological polar surface area (TPSA) is 28.3 Å². The molecule has 0 spiro atoms. The minimum atomic E-state index is 0.772. The third-order valence-electron chi connectivity index (χ3n) is 5.02. The Morgan fingerprint density at radius 3 is 2.92 bits per heavy atom. The molecule has 134 valence electrons. The van der Waals surface area contributed by atoms with E-state index in [9.17, 15) is 0 Å². The maximum atomic E-state index is 5.89.